The topological polar surface area (TPSA) is 29.5 Å². The molecule has 2 aliphatic rings. The molecule has 0 aromatic carbocycles. The zero-order valence-corrected chi connectivity index (χ0v) is 22.0. The quantitative estimate of drug-likeness (QED) is 0.313. The highest BCUT2D eigenvalue weighted by molar-refractivity contribution is 5.39. The van der Waals surface area contributed by atoms with Gasteiger partial charge >= 0.3 is 0 Å². The molecule has 2 rings (SSSR count). The average Bonchev–Trinajstić information content (AvgIpc) is 2.66. The van der Waals surface area contributed by atoms with Gasteiger partial charge in [-0.15, -0.1) is 0 Å². The van der Waals surface area contributed by atoms with Crippen molar-refractivity contribution in [3.63, 3.8) is 0 Å². The van der Waals surface area contributed by atoms with Crippen LogP contribution < -0.4 is 0 Å². The Bertz CT molecular complexity index is 627. The van der Waals surface area contributed by atoms with Crippen molar-refractivity contribution in [1.82, 2.24) is 0 Å². The molecule has 0 aromatic rings. The molecule has 0 saturated carbocycles. The van der Waals surface area contributed by atoms with Crippen molar-refractivity contribution in [2.45, 2.75) is 137 Å². The summed E-state index contributed by atoms with van der Waals surface area (Å²) in [6.45, 7) is 17.9. The Hall–Kier alpha value is -0.760. The Morgan fingerprint density at radius 1 is 0.968 bits per heavy atom. The highest BCUT2D eigenvalue weighted by Crippen LogP contribution is 2.46. The second-order valence-corrected chi connectivity index (χ2v) is 12.0. The van der Waals surface area contributed by atoms with Gasteiger partial charge in [0.05, 0.1) is 0 Å². The maximum absolute atomic E-state index is 11.1. The predicted molar refractivity (Wildman–Crippen MR) is 134 cm³/mol. The first-order valence-electron chi connectivity index (χ1n) is 13.3. The first kappa shape index (κ1) is 26.5. The summed E-state index contributed by atoms with van der Waals surface area (Å²) in [5.74, 6) is 3.76. The minimum atomic E-state index is -0.942. The number of ether oxygens (including phenoxy) is 1. The molecule has 5 atom stereocenters. The van der Waals surface area contributed by atoms with Crippen molar-refractivity contribution in [3.05, 3.63) is 23.0 Å². The Morgan fingerprint density at radius 2 is 1.52 bits per heavy atom. The molecule has 1 aliphatic heterocycles. The molecule has 0 aromatic heterocycles. The van der Waals surface area contributed by atoms with Gasteiger partial charge in [0, 0.05) is 0 Å². The zero-order valence-electron chi connectivity index (χ0n) is 22.0. The number of hydrogen-bond donors (Lipinski definition) is 1. The Morgan fingerprint density at radius 3 is 2.10 bits per heavy atom. The van der Waals surface area contributed by atoms with E-state index in [9.17, 15) is 5.11 Å². The third-order valence-corrected chi connectivity index (χ3v) is 8.10. The Kier molecular flexibility index (Phi) is 9.74. The van der Waals surface area contributed by atoms with E-state index in [0.29, 0.717) is 5.92 Å². The molecule has 180 valence electrons. The average molecular weight is 433 g/mol. The van der Waals surface area contributed by atoms with Crippen molar-refractivity contribution >= 4 is 0 Å². The van der Waals surface area contributed by atoms with E-state index in [2.05, 4.69) is 47.6 Å². The van der Waals surface area contributed by atoms with Crippen LogP contribution in [0, 0.1) is 23.7 Å². The molecule has 0 bridgehead atoms. The van der Waals surface area contributed by atoms with Gasteiger partial charge in [0.2, 0.25) is 0 Å². The zero-order chi connectivity index (χ0) is 23.2. The van der Waals surface area contributed by atoms with Crippen LogP contribution >= 0.6 is 0 Å². The van der Waals surface area contributed by atoms with Crippen molar-refractivity contribution in [2.24, 2.45) is 23.7 Å². The molecular formula is C29H52O2. The second kappa shape index (κ2) is 11.4. The van der Waals surface area contributed by atoms with Gasteiger partial charge in [-0.25, -0.2) is 0 Å². The highest BCUT2D eigenvalue weighted by atomic mass is 16.5. The van der Waals surface area contributed by atoms with E-state index >= 15 is 0 Å². The number of allylic oxidation sites excluding steroid dienone is 2. The smallest absolute Gasteiger partial charge is 0.139 e. The SMILES string of the molecule is CC1=CC(C)C2=C(O[C@](C)(CCC[C@H](C)CCC[C@H](C)CCCC(C)C)CC2)C1(C)O. The molecule has 0 saturated heterocycles. The van der Waals surface area contributed by atoms with Crippen LogP contribution in [0.15, 0.2) is 23.0 Å². The van der Waals surface area contributed by atoms with Crippen LogP contribution in [0.4, 0.5) is 0 Å². The fraction of sp³-hybridized carbons (Fsp3) is 0.862. The molecule has 0 spiro atoms. The molecular weight excluding hydrogens is 380 g/mol. The second-order valence-electron chi connectivity index (χ2n) is 12.0. The van der Waals surface area contributed by atoms with Gasteiger partial charge in [0.1, 0.15) is 17.0 Å². The van der Waals surface area contributed by atoms with Crippen molar-refractivity contribution in [2.75, 3.05) is 0 Å². The Labute approximate surface area is 193 Å². The van der Waals surface area contributed by atoms with E-state index < -0.39 is 5.60 Å². The standard InChI is InChI=1S/C29H52O2/c1-21(2)12-9-13-22(3)14-10-15-23(4)16-11-18-28(7)19-17-26-24(5)20-25(6)29(8,30)27(26)31-28/h20-24,30H,9-19H2,1-8H3/t22-,23-,24?,28-,29?/m1/s1. The first-order chi connectivity index (χ1) is 14.4. The van der Waals surface area contributed by atoms with E-state index in [-0.39, 0.29) is 5.60 Å². The van der Waals surface area contributed by atoms with E-state index in [4.69, 9.17) is 4.74 Å². The summed E-state index contributed by atoms with van der Waals surface area (Å²) in [5, 5.41) is 11.1. The fourth-order valence-corrected chi connectivity index (χ4v) is 5.52. The summed E-state index contributed by atoms with van der Waals surface area (Å²) in [7, 11) is 0. The lowest BCUT2D eigenvalue weighted by Crippen LogP contribution is -2.43. The molecule has 0 amide bonds. The van der Waals surface area contributed by atoms with Crippen LogP contribution in [0.3, 0.4) is 0 Å². The molecule has 2 heteroatoms. The summed E-state index contributed by atoms with van der Waals surface area (Å²) < 4.78 is 6.57. The largest absolute Gasteiger partial charge is 0.489 e. The first-order valence-corrected chi connectivity index (χ1v) is 13.3. The number of hydrogen-bond acceptors (Lipinski definition) is 2. The van der Waals surface area contributed by atoms with E-state index in [1.165, 1.54) is 56.9 Å². The van der Waals surface area contributed by atoms with Crippen LogP contribution in [0.1, 0.15) is 126 Å². The molecule has 1 heterocycles. The number of aliphatic hydroxyl groups is 1. The molecule has 1 aliphatic carbocycles. The molecule has 2 nitrogen and oxygen atoms in total. The van der Waals surface area contributed by atoms with Crippen molar-refractivity contribution in [3.8, 4) is 0 Å². The fourth-order valence-electron chi connectivity index (χ4n) is 5.52. The van der Waals surface area contributed by atoms with Crippen molar-refractivity contribution < 1.29 is 9.84 Å². The van der Waals surface area contributed by atoms with Crippen LogP contribution in [-0.4, -0.2) is 16.3 Å². The summed E-state index contributed by atoms with van der Waals surface area (Å²) in [6.07, 6.45) is 16.2. The van der Waals surface area contributed by atoms with Crippen LogP contribution in [0.25, 0.3) is 0 Å². The summed E-state index contributed by atoms with van der Waals surface area (Å²) >= 11 is 0. The van der Waals surface area contributed by atoms with Gasteiger partial charge < -0.3 is 9.84 Å². The van der Waals surface area contributed by atoms with Crippen LogP contribution in [-0.2, 0) is 4.74 Å². The normalized spacial score (nSPS) is 30.6. The van der Waals surface area contributed by atoms with Gasteiger partial charge in [0.25, 0.3) is 0 Å². The lowest BCUT2D eigenvalue weighted by molar-refractivity contribution is -0.0646. The lowest BCUT2D eigenvalue weighted by Gasteiger charge is -2.45. The van der Waals surface area contributed by atoms with Gasteiger partial charge in [0.15, 0.2) is 0 Å². The molecule has 1 N–H and O–H groups in total. The van der Waals surface area contributed by atoms with E-state index in [1.807, 2.05) is 13.8 Å². The monoisotopic (exact) mass is 432 g/mol. The third-order valence-electron chi connectivity index (χ3n) is 8.10. The summed E-state index contributed by atoms with van der Waals surface area (Å²) in [5.41, 5.74) is 1.26. The van der Waals surface area contributed by atoms with Gasteiger partial charge in [-0.05, 0) is 81.3 Å². The van der Waals surface area contributed by atoms with E-state index in [1.54, 1.807) is 0 Å². The van der Waals surface area contributed by atoms with Gasteiger partial charge in [-0.1, -0.05) is 85.6 Å². The lowest BCUT2D eigenvalue weighted by atomic mass is 9.75. The summed E-state index contributed by atoms with van der Waals surface area (Å²) in [6, 6.07) is 0. The molecule has 0 fully saturated rings. The van der Waals surface area contributed by atoms with E-state index in [0.717, 1.165) is 48.3 Å². The molecule has 31 heavy (non-hydrogen) atoms. The number of rotatable bonds is 12. The molecule has 2 unspecified atom stereocenters. The minimum Gasteiger partial charge on any atom is -0.489 e. The van der Waals surface area contributed by atoms with Crippen LogP contribution in [0.5, 0.6) is 0 Å². The maximum Gasteiger partial charge on any atom is 0.139 e. The maximum atomic E-state index is 11.1. The van der Waals surface area contributed by atoms with Crippen molar-refractivity contribution in [1.29, 1.82) is 0 Å². The third kappa shape index (κ3) is 7.65. The Balaban J connectivity index is 1.71. The highest BCUT2D eigenvalue weighted by Gasteiger charge is 2.44. The molecule has 0 radical (unpaired) electrons. The van der Waals surface area contributed by atoms with Crippen LogP contribution in [0.2, 0.25) is 0 Å². The van der Waals surface area contributed by atoms with Gasteiger partial charge in [-0.2, -0.15) is 0 Å². The predicted octanol–water partition coefficient (Wildman–Crippen LogP) is 8.60. The summed E-state index contributed by atoms with van der Waals surface area (Å²) in [4.78, 5) is 0. The van der Waals surface area contributed by atoms with Gasteiger partial charge in [-0.3, -0.25) is 0 Å². The minimum absolute atomic E-state index is 0.134.